The van der Waals surface area contributed by atoms with Crippen LogP contribution in [-0.2, 0) is 15.8 Å². The third-order valence-electron chi connectivity index (χ3n) is 2.39. The maximum absolute atomic E-state index is 12.4. The Morgan fingerprint density at radius 2 is 2.05 bits per heavy atom. The lowest BCUT2D eigenvalue weighted by molar-refractivity contribution is -0.136. The quantitative estimate of drug-likeness (QED) is 0.807. The molecule has 19 heavy (non-hydrogen) atoms. The van der Waals surface area contributed by atoms with Gasteiger partial charge in [-0.3, -0.25) is 0 Å². The fourth-order valence-corrected chi connectivity index (χ4v) is 3.09. The standard InChI is InChI=1S/C10H15F3N2O3S/c1-3-4-15(7-10(11,12)13)19(16,17)6-9-8(2)5-18-14-9/h5H,3-4,6-7H2,1-2H3. The fourth-order valence-electron chi connectivity index (χ4n) is 1.48. The Balaban J connectivity index is 2.90. The molecule has 110 valence electrons. The molecule has 0 spiro atoms. The highest BCUT2D eigenvalue weighted by molar-refractivity contribution is 7.88. The van der Waals surface area contributed by atoms with E-state index in [4.69, 9.17) is 0 Å². The van der Waals surface area contributed by atoms with Crippen LogP contribution in [-0.4, -0.2) is 37.1 Å². The molecule has 0 N–H and O–H groups in total. The van der Waals surface area contributed by atoms with Crippen molar-refractivity contribution in [2.75, 3.05) is 13.1 Å². The maximum Gasteiger partial charge on any atom is 0.402 e. The fraction of sp³-hybridized carbons (Fsp3) is 0.700. The Labute approximate surface area is 109 Å². The summed E-state index contributed by atoms with van der Waals surface area (Å²) in [5.41, 5.74) is 0.621. The number of alkyl halides is 3. The minimum atomic E-state index is -4.57. The summed E-state index contributed by atoms with van der Waals surface area (Å²) >= 11 is 0. The summed E-state index contributed by atoms with van der Waals surface area (Å²) in [5.74, 6) is -0.592. The van der Waals surface area contributed by atoms with Gasteiger partial charge in [0.05, 0.1) is 0 Å². The van der Waals surface area contributed by atoms with Crippen LogP contribution < -0.4 is 0 Å². The van der Waals surface area contributed by atoms with Crippen LogP contribution in [0.2, 0.25) is 0 Å². The normalized spacial score (nSPS) is 13.2. The summed E-state index contributed by atoms with van der Waals surface area (Å²) in [6.45, 7) is 1.52. The van der Waals surface area contributed by atoms with Crippen molar-refractivity contribution in [1.29, 1.82) is 0 Å². The molecule has 0 unspecified atom stereocenters. The second kappa shape index (κ2) is 5.91. The van der Waals surface area contributed by atoms with Crippen molar-refractivity contribution in [3.63, 3.8) is 0 Å². The molecule has 1 aromatic heterocycles. The molecule has 0 saturated heterocycles. The first kappa shape index (κ1) is 16.0. The minimum absolute atomic E-state index is 0.128. The second-order valence-electron chi connectivity index (χ2n) is 4.15. The van der Waals surface area contributed by atoms with Gasteiger partial charge in [0.15, 0.2) is 0 Å². The van der Waals surface area contributed by atoms with E-state index in [1.54, 1.807) is 13.8 Å². The van der Waals surface area contributed by atoms with Crippen LogP contribution in [0.25, 0.3) is 0 Å². The van der Waals surface area contributed by atoms with Gasteiger partial charge < -0.3 is 4.52 Å². The molecule has 0 aliphatic carbocycles. The van der Waals surface area contributed by atoms with E-state index in [0.29, 0.717) is 16.3 Å². The monoisotopic (exact) mass is 300 g/mol. The molecule has 0 bridgehead atoms. The van der Waals surface area contributed by atoms with Crippen LogP contribution in [0.4, 0.5) is 13.2 Å². The van der Waals surface area contributed by atoms with Gasteiger partial charge in [0, 0.05) is 12.1 Å². The zero-order valence-corrected chi connectivity index (χ0v) is 11.4. The lowest BCUT2D eigenvalue weighted by Gasteiger charge is -2.22. The van der Waals surface area contributed by atoms with E-state index in [9.17, 15) is 21.6 Å². The van der Waals surface area contributed by atoms with E-state index >= 15 is 0 Å². The molecule has 9 heteroatoms. The van der Waals surface area contributed by atoms with E-state index in [1.165, 1.54) is 6.26 Å². The van der Waals surface area contributed by atoms with E-state index in [1.807, 2.05) is 0 Å². The van der Waals surface area contributed by atoms with Crippen molar-refractivity contribution < 1.29 is 26.1 Å². The van der Waals surface area contributed by atoms with Crippen LogP contribution in [0, 0.1) is 6.92 Å². The Hall–Kier alpha value is -1.09. The SMILES string of the molecule is CCCN(CC(F)(F)F)S(=O)(=O)Cc1nocc1C. The van der Waals surface area contributed by atoms with Gasteiger partial charge in [0.2, 0.25) is 10.0 Å². The number of sulfonamides is 1. The van der Waals surface area contributed by atoms with Crippen molar-refractivity contribution in [3.05, 3.63) is 17.5 Å². The Bertz CT molecular complexity index is 510. The summed E-state index contributed by atoms with van der Waals surface area (Å²) in [4.78, 5) is 0. The van der Waals surface area contributed by atoms with Crippen LogP contribution >= 0.6 is 0 Å². The second-order valence-corrected chi connectivity index (χ2v) is 6.12. The van der Waals surface area contributed by atoms with Gasteiger partial charge >= 0.3 is 6.18 Å². The molecule has 1 aromatic rings. The largest absolute Gasteiger partial charge is 0.402 e. The molecule has 5 nitrogen and oxygen atoms in total. The number of nitrogens with zero attached hydrogens (tertiary/aromatic N) is 2. The van der Waals surface area contributed by atoms with Gasteiger partial charge in [0.1, 0.15) is 24.3 Å². The first-order valence-electron chi connectivity index (χ1n) is 5.60. The molecule has 1 heterocycles. The number of hydrogen-bond acceptors (Lipinski definition) is 4. The van der Waals surface area contributed by atoms with Crippen molar-refractivity contribution in [1.82, 2.24) is 9.46 Å². The summed E-state index contributed by atoms with van der Waals surface area (Å²) in [6, 6.07) is 0. The number of hydrogen-bond donors (Lipinski definition) is 0. The van der Waals surface area contributed by atoms with Gasteiger partial charge in [-0.05, 0) is 13.3 Å². The molecule has 0 amide bonds. The van der Waals surface area contributed by atoms with Crippen molar-refractivity contribution in [2.24, 2.45) is 0 Å². The van der Waals surface area contributed by atoms with Crippen molar-refractivity contribution in [2.45, 2.75) is 32.2 Å². The van der Waals surface area contributed by atoms with E-state index < -0.39 is 28.5 Å². The smallest absolute Gasteiger partial charge is 0.364 e. The van der Waals surface area contributed by atoms with Crippen LogP contribution in [0.5, 0.6) is 0 Å². The van der Waals surface area contributed by atoms with Gasteiger partial charge in [0.25, 0.3) is 0 Å². The summed E-state index contributed by atoms with van der Waals surface area (Å²) in [6.07, 6.45) is -3.02. The average molecular weight is 300 g/mol. The molecular formula is C10H15F3N2O3S. The molecule has 0 aromatic carbocycles. The molecule has 0 fully saturated rings. The molecular weight excluding hydrogens is 285 g/mol. The molecule has 0 saturated carbocycles. The lowest BCUT2D eigenvalue weighted by Crippen LogP contribution is -2.40. The van der Waals surface area contributed by atoms with Gasteiger partial charge in [-0.25, -0.2) is 8.42 Å². The third-order valence-corrected chi connectivity index (χ3v) is 4.13. The van der Waals surface area contributed by atoms with Crippen molar-refractivity contribution >= 4 is 10.0 Å². The van der Waals surface area contributed by atoms with Gasteiger partial charge in [-0.15, -0.1) is 0 Å². The first-order valence-corrected chi connectivity index (χ1v) is 7.21. The number of aromatic nitrogens is 1. The number of aryl methyl sites for hydroxylation is 1. The molecule has 0 radical (unpaired) electrons. The number of halogens is 3. The zero-order chi connectivity index (χ0) is 14.7. The molecule has 0 aliphatic rings. The van der Waals surface area contributed by atoms with Crippen LogP contribution in [0.3, 0.4) is 0 Å². The van der Waals surface area contributed by atoms with E-state index in [0.717, 1.165) is 0 Å². The summed E-state index contributed by atoms with van der Waals surface area (Å²) in [5, 5.41) is 3.48. The minimum Gasteiger partial charge on any atom is -0.364 e. The Morgan fingerprint density at radius 1 is 1.42 bits per heavy atom. The predicted molar refractivity (Wildman–Crippen MR) is 61.8 cm³/mol. The highest BCUT2D eigenvalue weighted by Crippen LogP contribution is 2.21. The lowest BCUT2D eigenvalue weighted by atomic mass is 10.3. The average Bonchev–Trinajstić information content (AvgIpc) is 2.61. The molecule has 0 aliphatic heterocycles. The topological polar surface area (TPSA) is 63.4 Å². The highest BCUT2D eigenvalue weighted by Gasteiger charge is 2.36. The van der Waals surface area contributed by atoms with E-state index in [-0.39, 0.29) is 12.2 Å². The number of rotatable bonds is 6. The zero-order valence-electron chi connectivity index (χ0n) is 10.6. The Kier molecular flexibility index (Phi) is 4.97. The Morgan fingerprint density at radius 3 is 2.47 bits per heavy atom. The highest BCUT2D eigenvalue weighted by atomic mass is 32.2. The van der Waals surface area contributed by atoms with Gasteiger partial charge in [-0.2, -0.15) is 17.5 Å². The predicted octanol–water partition coefficient (Wildman–Crippen LogP) is 2.09. The molecule has 0 atom stereocenters. The van der Waals surface area contributed by atoms with E-state index in [2.05, 4.69) is 9.68 Å². The van der Waals surface area contributed by atoms with Crippen LogP contribution in [0.1, 0.15) is 24.6 Å². The van der Waals surface area contributed by atoms with Crippen molar-refractivity contribution in [3.8, 4) is 0 Å². The van der Waals surface area contributed by atoms with Crippen LogP contribution in [0.15, 0.2) is 10.8 Å². The van der Waals surface area contributed by atoms with Gasteiger partial charge in [-0.1, -0.05) is 12.1 Å². The maximum atomic E-state index is 12.4. The summed E-state index contributed by atoms with van der Waals surface area (Å²) < 4.78 is 66.1. The first-order chi connectivity index (χ1) is 8.65. The molecule has 1 rings (SSSR count). The third kappa shape index (κ3) is 4.83. The summed E-state index contributed by atoms with van der Waals surface area (Å²) in [7, 11) is -4.07.